The number of nitrogens with zero attached hydrogens (tertiary/aromatic N) is 2. The van der Waals surface area contributed by atoms with Gasteiger partial charge in [-0.05, 0) is 6.42 Å². The zero-order chi connectivity index (χ0) is 14.8. The van der Waals surface area contributed by atoms with Crippen LogP contribution in [0.2, 0.25) is 0 Å². The first-order valence-electron chi connectivity index (χ1n) is 6.79. The van der Waals surface area contributed by atoms with Gasteiger partial charge in [-0.25, -0.2) is 4.68 Å². The molecule has 1 heterocycles. The molecule has 0 amide bonds. The van der Waals surface area contributed by atoms with E-state index in [9.17, 15) is 0 Å². The first-order chi connectivity index (χ1) is 9.70. The lowest BCUT2D eigenvalue weighted by Crippen LogP contribution is -2.13. The fraction of sp³-hybridized carbons (Fsp3) is 0.769. The Morgan fingerprint density at radius 3 is 2.20 bits per heavy atom. The van der Waals surface area contributed by atoms with Crippen LogP contribution in [0.4, 0.5) is 5.69 Å². The molecule has 0 aliphatic carbocycles. The topological polar surface area (TPSA) is 80.8 Å². The van der Waals surface area contributed by atoms with Crippen molar-refractivity contribution in [3.05, 3.63) is 5.69 Å². The van der Waals surface area contributed by atoms with E-state index in [1.807, 2.05) is 14.0 Å². The molecule has 0 radical (unpaired) electrons. The van der Waals surface area contributed by atoms with Crippen molar-refractivity contribution >= 4 is 5.69 Å². The molecule has 2 N–H and O–H groups in total. The Balaban J connectivity index is 2.11. The number of hydrogen-bond acceptors (Lipinski definition) is 6. The third-order valence-electron chi connectivity index (χ3n) is 2.71. The number of hydrogen-bond donors (Lipinski definition) is 1. The van der Waals surface area contributed by atoms with E-state index in [2.05, 4.69) is 5.10 Å². The van der Waals surface area contributed by atoms with E-state index in [1.54, 1.807) is 11.8 Å². The molecular formula is C13H25N3O4. The number of aryl methyl sites for hydroxylation is 2. The molecule has 0 aliphatic heterocycles. The number of anilines is 1. The highest BCUT2D eigenvalue weighted by atomic mass is 16.6. The largest absolute Gasteiger partial charge is 0.474 e. The lowest BCUT2D eigenvalue weighted by atomic mass is 10.3. The zero-order valence-corrected chi connectivity index (χ0v) is 12.6. The van der Waals surface area contributed by atoms with Gasteiger partial charge in [0.15, 0.2) is 0 Å². The minimum absolute atomic E-state index is 0.435. The van der Waals surface area contributed by atoms with E-state index in [1.165, 1.54) is 0 Å². The fourth-order valence-electron chi connectivity index (χ4n) is 1.67. The summed E-state index contributed by atoms with van der Waals surface area (Å²) in [4.78, 5) is 0. The molecule has 7 nitrogen and oxygen atoms in total. The number of methoxy groups -OCH3 is 1. The van der Waals surface area contributed by atoms with Crippen molar-refractivity contribution < 1.29 is 18.9 Å². The maximum atomic E-state index is 5.94. The van der Waals surface area contributed by atoms with Gasteiger partial charge in [-0.3, -0.25) is 0 Å². The van der Waals surface area contributed by atoms with Crippen LogP contribution in [-0.2, 0) is 27.7 Å². The van der Waals surface area contributed by atoms with Gasteiger partial charge in [0.2, 0.25) is 5.88 Å². The van der Waals surface area contributed by atoms with Crippen molar-refractivity contribution in [2.45, 2.75) is 13.3 Å². The van der Waals surface area contributed by atoms with Gasteiger partial charge in [-0.15, -0.1) is 0 Å². The molecule has 116 valence electrons. The maximum Gasteiger partial charge on any atom is 0.235 e. The quantitative estimate of drug-likeness (QED) is 0.601. The van der Waals surface area contributed by atoms with Crippen LogP contribution in [0.1, 0.15) is 12.6 Å². The average molecular weight is 287 g/mol. The molecule has 1 rings (SSSR count). The van der Waals surface area contributed by atoms with Gasteiger partial charge in [0.25, 0.3) is 0 Å². The van der Waals surface area contributed by atoms with Crippen LogP contribution in [0.3, 0.4) is 0 Å². The molecule has 0 fully saturated rings. The molecule has 1 aromatic heterocycles. The number of nitrogens with two attached hydrogens (primary N) is 1. The third-order valence-corrected chi connectivity index (χ3v) is 2.71. The molecule has 0 atom stereocenters. The molecule has 1 aromatic rings. The van der Waals surface area contributed by atoms with Crippen LogP contribution in [0, 0.1) is 0 Å². The molecule has 0 aliphatic rings. The summed E-state index contributed by atoms with van der Waals surface area (Å²) in [5, 5.41) is 4.28. The zero-order valence-electron chi connectivity index (χ0n) is 12.6. The second-order valence-electron chi connectivity index (χ2n) is 4.21. The fourth-order valence-corrected chi connectivity index (χ4v) is 1.67. The van der Waals surface area contributed by atoms with E-state index in [4.69, 9.17) is 24.7 Å². The first kappa shape index (κ1) is 16.7. The predicted octanol–water partition coefficient (Wildman–Crippen LogP) is 0.623. The maximum absolute atomic E-state index is 5.94. The number of ether oxygens (including phenoxy) is 4. The Labute approximate surface area is 119 Å². The molecule has 0 aromatic carbocycles. The molecule has 0 unspecified atom stereocenters. The Morgan fingerprint density at radius 1 is 1.05 bits per heavy atom. The summed E-state index contributed by atoms with van der Waals surface area (Å²) >= 11 is 0. The lowest BCUT2D eigenvalue weighted by molar-refractivity contribution is 0.0174. The lowest BCUT2D eigenvalue weighted by Gasteiger charge is -2.08. The van der Waals surface area contributed by atoms with E-state index in [0.717, 1.165) is 12.1 Å². The van der Waals surface area contributed by atoms with Gasteiger partial charge in [-0.2, -0.15) is 5.10 Å². The standard InChI is InChI=1S/C13H25N3O4/c1-4-11-12(14)13(16(2)15-11)20-10-9-19-8-7-18-6-5-17-3/h4-10,14H2,1-3H3. The van der Waals surface area contributed by atoms with Crippen LogP contribution < -0.4 is 10.5 Å². The Bertz CT molecular complexity index is 382. The number of rotatable bonds is 11. The summed E-state index contributed by atoms with van der Waals surface area (Å²) in [5.41, 5.74) is 7.41. The first-order valence-corrected chi connectivity index (χ1v) is 6.79. The monoisotopic (exact) mass is 287 g/mol. The van der Waals surface area contributed by atoms with Crippen LogP contribution >= 0.6 is 0 Å². The summed E-state index contributed by atoms with van der Waals surface area (Å²) in [5.74, 6) is 0.599. The molecule has 7 heteroatoms. The molecular weight excluding hydrogens is 262 g/mol. The van der Waals surface area contributed by atoms with Gasteiger partial charge in [0.05, 0.1) is 38.7 Å². The summed E-state index contributed by atoms with van der Waals surface area (Å²) < 4.78 is 22.8. The van der Waals surface area contributed by atoms with Crippen LogP contribution in [0.5, 0.6) is 5.88 Å². The van der Waals surface area contributed by atoms with Crippen molar-refractivity contribution in [1.82, 2.24) is 9.78 Å². The molecule has 0 saturated heterocycles. The van der Waals surface area contributed by atoms with Crippen LogP contribution in [0.15, 0.2) is 0 Å². The van der Waals surface area contributed by atoms with E-state index in [0.29, 0.717) is 51.2 Å². The SMILES string of the molecule is CCc1nn(C)c(OCCOCCOCCOC)c1N. The summed E-state index contributed by atoms with van der Waals surface area (Å²) in [7, 11) is 3.46. The summed E-state index contributed by atoms with van der Waals surface area (Å²) in [6.07, 6.45) is 0.790. The van der Waals surface area contributed by atoms with E-state index in [-0.39, 0.29) is 0 Å². The van der Waals surface area contributed by atoms with Gasteiger partial charge in [-0.1, -0.05) is 6.92 Å². The van der Waals surface area contributed by atoms with Crippen molar-refractivity contribution in [1.29, 1.82) is 0 Å². The Hall–Kier alpha value is -1.31. The molecule has 20 heavy (non-hydrogen) atoms. The highest BCUT2D eigenvalue weighted by Crippen LogP contribution is 2.24. The minimum Gasteiger partial charge on any atom is -0.474 e. The summed E-state index contributed by atoms with van der Waals surface area (Å²) in [6.45, 7) is 5.20. The average Bonchev–Trinajstić information content (AvgIpc) is 2.72. The van der Waals surface area contributed by atoms with Crippen molar-refractivity contribution in [3.8, 4) is 5.88 Å². The second kappa shape index (κ2) is 9.57. The third kappa shape index (κ3) is 5.36. The van der Waals surface area contributed by atoms with Crippen molar-refractivity contribution in [2.24, 2.45) is 7.05 Å². The molecule has 0 bridgehead atoms. The smallest absolute Gasteiger partial charge is 0.235 e. The van der Waals surface area contributed by atoms with Crippen LogP contribution in [0.25, 0.3) is 0 Å². The predicted molar refractivity (Wildman–Crippen MR) is 76.0 cm³/mol. The Kier molecular flexibility index (Phi) is 8.01. The van der Waals surface area contributed by atoms with Gasteiger partial charge in [0, 0.05) is 14.2 Å². The van der Waals surface area contributed by atoms with E-state index < -0.39 is 0 Å². The normalized spacial score (nSPS) is 10.9. The van der Waals surface area contributed by atoms with Gasteiger partial charge in [0.1, 0.15) is 12.3 Å². The van der Waals surface area contributed by atoms with Gasteiger partial charge < -0.3 is 24.7 Å². The number of nitrogen functional groups attached to an aromatic ring is 1. The minimum atomic E-state index is 0.435. The second-order valence-corrected chi connectivity index (χ2v) is 4.21. The van der Waals surface area contributed by atoms with Crippen LogP contribution in [-0.4, -0.2) is 56.5 Å². The van der Waals surface area contributed by atoms with Crippen molar-refractivity contribution in [3.63, 3.8) is 0 Å². The summed E-state index contributed by atoms with van der Waals surface area (Å²) in [6, 6.07) is 0. The number of aromatic nitrogens is 2. The van der Waals surface area contributed by atoms with E-state index >= 15 is 0 Å². The Morgan fingerprint density at radius 2 is 1.65 bits per heavy atom. The highest BCUT2D eigenvalue weighted by molar-refractivity contribution is 5.53. The highest BCUT2D eigenvalue weighted by Gasteiger charge is 2.12. The van der Waals surface area contributed by atoms with Crippen molar-refractivity contribution in [2.75, 3.05) is 52.5 Å². The molecule has 0 spiro atoms. The molecule has 0 saturated carbocycles. The van der Waals surface area contributed by atoms with Gasteiger partial charge >= 0.3 is 0 Å².